The summed E-state index contributed by atoms with van der Waals surface area (Å²) in [5.74, 6) is -0.452. The molecule has 0 radical (unpaired) electrons. The van der Waals surface area contributed by atoms with Gasteiger partial charge in [0.2, 0.25) is 5.88 Å². The first-order valence-corrected chi connectivity index (χ1v) is 5.85. The molecule has 0 aliphatic carbocycles. The quantitative estimate of drug-likeness (QED) is 0.917. The SMILES string of the molecule is Cc1ccc(C#N)c(Oc2csc(C(=O)O)c2)n1. The Bertz CT molecular complexity index is 643. The molecule has 0 bridgehead atoms. The average Bonchev–Trinajstić information content (AvgIpc) is 2.78. The van der Waals surface area contributed by atoms with Crippen molar-refractivity contribution in [1.29, 1.82) is 5.26 Å². The fraction of sp³-hybridized carbons (Fsp3) is 0.0833. The Morgan fingerprint density at radius 3 is 2.94 bits per heavy atom. The standard InChI is InChI=1S/C12H8N2O3S/c1-7-2-3-8(5-13)11(14-7)17-9-4-10(12(15)16)18-6-9/h2-4,6H,1H3,(H,15,16). The van der Waals surface area contributed by atoms with Gasteiger partial charge in [-0.15, -0.1) is 11.3 Å². The number of carboxylic acid groups (broad SMARTS) is 1. The number of hydrogen-bond donors (Lipinski definition) is 1. The highest BCUT2D eigenvalue weighted by atomic mass is 32.1. The Kier molecular flexibility index (Phi) is 3.26. The Morgan fingerprint density at radius 1 is 1.56 bits per heavy atom. The second-order valence-corrected chi connectivity index (χ2v) is 4.38. The molecule has 0 saturated heterocycles. The molecule has 0 amide bonds. The Balaban J connectivity index is 2.30. The van der Waals surface area contributed by atoms with Crippen molar-refractivity contribution in [3.8, 4) is 17.7 Å². The molecule has 2 rings (SSSR count). The van der Waals surface area contributed by atoms with E-state index in [0.29, 0.717) is 11.3 Å². The molecule has 6 heteroatoms. The van der Waals surface area contributed by atoms with Crippen LogP contribution in [0.5, 0.6) is 11.6 Å². The highest BCUT2D eigenvalue weighted by molar-refractivity contribution is 7.12. The van der Waals surface area contributed by atoms with Crippen molar-refractivity contribution < 1.29 is 14.6 Å². The number of nitriles is 1. The van der Waals surface area contributed by atoms with Gasteiger partial charge in [-0.1, -0.05) is 0 Å². The maximum atomic E-state index is 10.7. The van der Waals surface area contributed by atoms with E-state index in [-0.39, 0.29) is 10.8 Å². The largest absolute Gasteiger partial charge is 0.477 e. The summed E-state index contributed by atoms with van der Waals surface area (Å²) in [6.45, 7) is 1.78. The summed E-state index contributed by atoms with van der Waals surface area (Å²) in [4.78, 5) is 15.0. The van der Waals surface area contributed by atoms with Gasteiger partial charge in [-0.2, -0.15) is 5.26 Å². The van der Waals surface area contributed by atoms with Crippen molar-refractivity contribution in [1.82, 2.24) is 4.98 Å². The highest BCUT2D eigenvalue weighted by Crippen LogP contribution is 2.27. The molecule has 0 aliphatic heterocycles. The first kappa shape index (κ1) is 12.1. The molecule has 5 nitrogen and oxygen atoms in total. The zero-order chi connectivity index (χ0) is 13.1. The van der Waals surface area contributed by atoms with Crippen LogP contribution < -0.4 is 4.74 Å². The number of ether oxygens (including phenoxy) is 1. The molecule has 0 saturated carbocycles. The van der Waals surface area contributed by atoms with Gasteiger partial charge in [0.1, 0.15) is 22.3 Å². The number of thiophene rings is 1. The van der Waals surface area contributed by atoms with Crippen LogP contribution in [0.25, 0.3) is 0 Å². The van der Waals surface area contributed by atoms with E-state index in [1.54, 1.807) is 24.4 Å². The topological polar surface area (TPSA) is 83.2 Å². The number of aromatic carboxylic acids is 1. The molecule has 0 fully saturated rings. The molecule has 2 heterocycles. The summed E-state index contributed by atoms with van der Waals surface area (Å²) in [7, 11) is 0. The van der Waals surface area contributed by atoms with Crippen molar-refractivity contribution >= 4 is 17.3 Å². The third-order valence-corrected chi connectivity index (χ3v) is 3.02. The van der Waals surface area contributed by atoms with Gasteiger partial charge in [-0.05, 0) is 19.1 Å². The van der Waals surface area contributed by atoms with E-state index >= 15 is 0 Å². The summed E-state index contributed by atoms with van der Waals surface area (Å²) in [6, 6.07) is 6.70. The lowest BCUT2D eigenvalue weighted by Crippen LogP contribution is -1.93. The smallest absolute Gasteiger partial charge is 0.346 e. The van der Waals surface area contributed by atoms with Crippen LogP contribution in [0.2, 0.25) is 0 Å². The second kappa shape index (κ2) is 4.85. The number of pyridine rings is 1. The minimum atomic E-state index is -1.01. The molecule has 18 heavy (non-hydrogen) atoms. The lowest BCUT2D eigenvalue weighted by Gasteiger charge is -2.04. The van der Waals surface area contributed by atoms with Crippen LogP contribution in [0.3, 0.4) is 0 Å². The van der Waals surface area contributed by atoms with Crippen molar-refractivity contribution in [2.24, 2.45) is 0 Å². The molecule has 0 spiro atoms. The lowest BCUT2D eigenvalue weighted by atomic mass is 10.2. The van der Waals surface area contributed by atoms with Crippen molar-refractivity contribution in [3.63, 3.8) is 0 Å². The third kappa shape index (κ3) is 2.47. The minimum Gasteiger partial charge on any atom is -0.477 e. The first-order chi connectivity index (χ1) is 8.60. The molecule has 0 atom stereocenters. The number of carboxylic acids is 1. The van der Waals surface area contributed by atoms with Crippen LogP contribution in [0.4, 0.5) is 0 Å². The molecule has 2 aromatic rings. The maximum absolute atomic E-state index is 10.7. The Labute approximate surface area is 107 Å². The molecule has 0 aliphatic rings. The van der Waals surface area contributed by atoms with E-state index in [1.807, 2.05) is 6.07 Å². The van der Waals surface area contributed by atoms with E-state index in [1.165, 1.54) is 6.07 Å². The zero-order valence-corrected chi connectivity index (χ0v) is 10.2. The summed E-state index contributed by atoms with van der Waals surface area (Å²) >= 11 is 1.06. The molecule has 90 valence electrons. The van der Waals surface area contributed by atoms with Crippen LogP contribution in [0.1, 0.15) is 20.9 Å². The molecule has 0 aromatic carbocycles. The van der Waals surface area contributed by atoms with E-state index in [0.717, 1.165) is 17.0 Å². The third-order valence-electron chi connectivity index (χ3n) is 2.12. The maximum Gasteiger partial charge on any atom is 0.346 e. The second-order valence-electron chi connectivity index (χ2n) is 3.47. The highest BCUT2D eigenvalue weighted by Gasteiger charge is 2.11. The first-order valence-electron chi connectivity index (χ1n) is 4.97. The van der Waals surface area contributed by atoms with Gasteiger partial charge in [-0.3, -0.25) is 0 Å². The van der Waals surface area contributed by atoms with Gasteiger partial charge in [0.05, 0.1) is 0 Å². The minimum absolute atomic E-state index is 0.177. The van der Waals surface area contributed by atoms with Crippen molar-refractivity contribution in [2.45, 2.75) is 6.92 Å². The Morgan fingerprint density at radius 2 is 2.33 bits per heavy atom. The fourth-order valence-corrected chi connectivity index (χ4v) is 1.94. The number of carbonyl (C=O) groups is 1. The van der Waals surface area contributed by atoms with Crippen LogP contribution in [-0.4, -0.2) is 16.1 Å². The predicted molar refractivity (Wildman–Crippen MR) is 65.0 cm³/mol. The van der Waals surface area contributed by atoms with Crippen molar-refractivity contribution in [2.75, 3.05) is 0 Å². The van der Waals surface area contributed by atoms with E-state index in [2.05, 4.69) is 4.98 Å². The monoisotopic (exact) mass is 260 g/mol. The van der Waals surface area contributed by atoms with Gasteiger partial charge in [-0.25, -0.2) is 9.78 Å². The summed E-state index contributed by atoms with van der Waals surface area (Å²) in [6.07, 6.45) is 0. The Hall–Kier alpha value is -2.39. The van der Waals surface area contributed by atoms with Gasteiger partial charge in [0.15, 0.2) is 0 Å². The average molecular weight is 260 g/mol. The van der Waals surface area contributed by atoms with Gasteiger partial charge >= 0.3 is 5.97 Å². The summed E-state index contributed by atoms with van der Waals surface area (Å²) in [5, 5.41) is 19.3. The molecule has 2 aromatic heterocycles. The van der Waals surface area contributed by atoms with Crippen LogP contribution in [0, 0.1) is 18.3 Å². The number of aryl methyl sites for hydroxylation is 1. The molecule has 0 unspecified atom stereocenters. The summed E-state index contributed by atoms with van der Waals surface area (Å²) < 4.78 is 5.43. The number of nitrogens with zero attached hydrogens (tertiary/aromatic N) is 2. The molecular formula is C12H8N2O3S. The van der Waals surface area contributed by atoms with Crippen LogP contribution >= 0.6 is 11.3 Å². The van der Waals surface area contributed by atoms with Gasteiger partial charge in [0.25, 0.3) is 0 Å². The van der Waals surface area contributed by atoms with Crippen LogP contribution in [0.15, 0.2) is 23.6 Å². The van der Waals surface area contributed by atoms with Gasteiger partial charge < -0.3 is 9.84 Å². The predicted octanol–water partition coefficient (Wildman–Crippen LogP) is 2.81. The molecule has 1 N–H and O–H groups in total. The zero-order valence-electron chi connectivity index (χ0n) is 9.38. The van der Waals surface area contributed by atoms with Crippen LogP contribution in [-0.2, 0) is 0 Å². The van der Waals surface area contributed by atoms with Gasteiger partial charge in [0, 0.05) is 17.1 Å². The summed E-state index contributed by atoms with van der Waals surface area (Å²) in [5.41, 5.74) is 1.03. The number of aromatic nitrogens is 1. The fourth-order valence-electron chi connectivity index (χ4n) is 1.29. The van der Waals surface area contributed by atoms with E-state index in [9.17, 15) is 4.79 Å². The molecular weight excluding hydrogens is 252 g/mol. The lowest BCUT2D eigenvalue weighted by molar-refractivity contribution is 0.0702. The van der Waals surface area contributed by atoms with E-state index in [4.69, 9.17) is 15.1 Å². The van der Waals surface area contributed by atoms with Crippen molar-refractivity contribution in [3.05, 3.63) is 39.7 Å². The van der Waals surface area contributed by atoms with E-state index < -0.39 is 5.97 Å². The normalized spacial score (nSPS) is 9.78. The number of hydrogen-bond acceptors (Lipinski definition) is 5. The number of rotatable bonds is 3.